The number of nitrogens with zero attached hydrogens (tertiary/aromatic N) is 3. The summed E-state index contributed by atoms with van der Waals surface area (Å²) in [5, 5.41) is 23.9. The molecule has 1 saturated heterocycles. The van der Waals surface area contributed by atoms with Gasteiger partial charge >= 0.3 is 6.03 Å². The molecular weight excluding hydrogens is 541 g/mol. The number of amides is 3. The van der Waals surface area contributed by atoms with Crippen molar-refractivity contribution in [2.75, 3.05) is 39.7 Å². The number of anilines is 3. The molecule has 1 fully saturated rings. The Morgan fingerprint density at radius 3 is 2.42 bits per heavy atom. The fourth-order valence-corrected chi connectivity index (χ4v) is 4.46. The maximum absolute atomic E-state index is 12.9. The highest BCUT2D eigenvalue weighted by Crippen LogP contribution is 2.33. The number of urea groups is 1. The summed E-state index contributed by atoms with van der Waals surface area (Å²) in [5.41, 5.74) is 3.18. The Morgan fingerprint density at radius 1 is 0.970 bits per heavy atom. The maximum Gasteiger partial charge on any atom is 0.321 e. The van der Waals surface area contributed by atoms with E-state index in [1.807, 2.05) is 47.4 Å². The van der Waals surface area contributed by atoms with Crippen molar-refractivity contribution in [3.8, 4) is 0 Å². The van der Waals surface area contributed by atoms with Crippen LogP contribution in [0.25, 0.3) is 10.8 Å². The normalized spacial score (nSPS) is 13.6. The van der Waals surface area contributed by atoms with Gasteiger partial charge in [-0.1, -0.05) is 36.4 Å². The fourth-order valence-electron chi connectivity index (χ4n) is 3.86. The Bertz CT molecular complexity index is 1190. The lowest BCUT2D eigenvalue weighted by Crippen LogP contribution is -2.50. The highest BCUT2D eigenvalue weighted by molar-refractivity contribution is 14.1. The third kappa shape index (κ3) is 4.89. The molecule has 33 heavy (non-hydrogen) atoms. The molecule has 0 spiro atoms. The number of hydrogen-bond acceptors (Lipinski definition) is 6. The van der Waals surface area contributed by atoms with Crippen molar-refractivity contribution in [1.29, 1.82) is 0 Å². The van der Waals surface area contributed by atoms with Gasteiger partial charge in [-0.15, -0.1) is 0 Å². The van der Waals surface area contributed by atoms with Gasteiger partial charge in [-0.2, -0.15) is 3.28 Å². The van der Waals surface area contributed by atoms with Crippen LogP contribution < -0.4 is 19.0 Å². The van der Waals surface area contributed by atoms with E-state index < -0.39 is 27.4 Å². The molecule has 1 heterocycles. The van der Waals surface area contributed by atoms with Gasteiger partial charge in [0.1, 0.15) is 5.69 Å². The first kappa shape index (κ1) is 22.9. The molecule has 4 rings (SSSR count). The second-order valence-corrected chi connectivity index (χ2v) is 8.71. The van der Waals surface area contributed by atoms with Crippen molar-refractivity contribution in [1.82, 2.24) is 10.4 Å². The second kappa shape index (κ2) is 10.1. The van der Waals surface area contributed by atoms with E-state index in [0.29, 0.717) is 35.1 Å². The molecule has 4 N–H and O–H groups in total. The van der Waals surface area contributed by atoms with Crippen molar-refractivity contribution in [2.24, 2.45) is 0 Å². The number of carbonyl (C=O) groups is 2. The number of piperazine rings is 1. The number of fused-ring (bicyclic) bond motifs is 1. The van der Waals surface area contributed by atoms with Crippen molar-refractivity contribution in [2.45, 2.75) is 0 Å². The second-order valence-electron chi connectivity index (χ2n) is 7.40. The van der Waals surface area contributed by atoms with Gasteiger partial charge in [0.2, 0.25) is 0 Å². The van der Waals surface area contributed by atoms with Crippen LogP contribution >= 0.6 is 21.5 Å². The van der Waals surface area contributed by atoms with Crippen molar-refractivity contribution >= 4 is 61.2 Å². The summed E-state index contributed by atoms with van der Waals surface area (Å²) < 4.78 is 12.0. The first-order valence-corrected chi connectivity index (χ1v) is 12.0. The van der Waals surface area contributed by atoms with E-state index in [0.717, 1.165) is 16.5 Å². The van der Waals surface area contributed by atoms with Gasteiger partial charge in [0.25, 0.3) is 27.4 Å². The Labute approximate surface area is 200 Å². The van der Waals surface area contributed by atoms with E-state index in [2.05, 4.69) is 5.32 Å². The van der Waals surface area contributed by atoms with Crippen LogP contribution in [0.5, 0.6) is 0 Å². The Morgan fingerprint density at radius 2 is 1.70 bits per heavy atom. The van der Waals surface area contributed by atoms with Crippen LogP contribution in [-0.4, -0.2) is 53.4 Å². The summed E-state index contributed by atoms with van der Waals surface area (Å²) >= 11 is -1.93. The van der Waals surface area contributed by atoms with Crippen molar-refractivity contribution in [3.05, 3.63) is 66.2 Å². The minimum atomic E-state index is -1.93. The molecule has 3 aromatic carbocycles. The molecule has 0 aliphatic carbocycles. The zero-order valence-electron chi connectivity index (χ0n) is 17.4. The Kier molecular flexibility index (Phi) is 7.01. The predicted octanol–water partition coefficient (Wildman–Crippen LogP) is 3.74. The van der Waals surface area contributed by atoms with E-state index in [4.69, 9.17) is 5.21 Å². The van der Waals surface area contributed by atoms with Crippen LogP contribution in [0.15, 0.2) is 60.7 Å². The summed E-state index contributed by atoms with van der Waals surface area (Å²) in [4.78, 5) is 28.2. The zero-order valence-corrected chi connectivity index (χ0v) is 19.6. The number of halogens is 1. The molecule has 0 saturated carbocycles. The van der Waals surface area contributed by atoms with Crippen molar-refractivity contribution in [3.63, 3.8) is 0 Å². The zero-order chi connectivity index (χ0) is 23.4. The number of nitrogens with one attached hydrogen (secondary N) is 2. The number of hydroxylamine groups is 1. The number of carbonyl (C=O) groups excluding carboxylic acids is 2. The molecule has 0 bridgehead atoms. The molecule has 3 amide bonds. The Hall–Kier alpha value is -3.29. The SMILES string of the molecule is O=IN(O)c1cc(C(=O)NO)ccc1N1CCN(C(=O)Nc2cccc3ccccc23)CC1. The molecule has 1 aliphatic heterocycles. The average Bonchev–Trinajstić information content (AvgIpc) is 2.87. The molecule has 10 nitrogen and oxygen atoms in total. The molecule has 11 heteroatoms. The van der Waals surface area contributed by atoms with E-state index in [1.165, 1.54) is 12.1 Å². The lowest BCUT2D eigenvalue weighted by atomic mass is 10.1. The summed E-state index contributed by atoms with van der Waals surface area (Å²) in [6.45, 7) is 1.83. The van der Waals surface area contributed by atoms with Crippen LogP contribution in [0.4, 0.5) is 21.9 Å². The van der Waals surface area contributed by atoms with Gasteiger partial charge in [-0.3, -0.25) is 15.2 Å². The summed E-state index contributed by atoms with van der Waals surface area (Å²) in [6.07, 6.45) is 0. The van der Waals surface area contributed by atoms with Crippen LogP contribution in [0, 0.1) is 0 Å². The van der Waals surface area contributed by atoms with Crippen molar-refractivity contribution < 1.29 is 23.1 Å². The van der Waals surface area contributed by atoms with Gasteiger partial charge in [-0.05, 0) is 29.7 Å². The summed E-state index contributed by atoms with van der Waals surface area (Å²) in [5.74, 6) is -0.741. The highest BCUT2D eigenvalue weighted by atomic mass is 127. The molecule has 3 aromatic rings. The van der Waals surface area contributed by atoms with Gasteiger partial charge in [0.15, 0.2) is 0 Å². The highest BCUT2D eigenvalue weighted by Gasteiger charge is 2.25. The predicted molar refractivity (Wildman–Crippen MR) is 131 cm³/mol. The molecule has 172 valence electrons. The topological polar surface area (TPSA) is 125 Å². The molecule has 0 atom stereocenters. The molecule has 1 aliphatic rings. The van der Waals surface area contributed by atoms with Crippen LogP contribution in [-0.2, 0) is 3.07 Å². The minimum Gasteiger partial charge on any atom is -0.366 e. The molecular formula is C22H22IN5O5. The smallest absolute Gasteiger partial charge is 0.321 e. The first-order valence-electron chi connectivity index (χ1n) is 10.2. The minimum absolute atomic E-state index is 0.112. The van der Waals surface area contributed by atoms with E-state index in [9.17, 15) is 17.9 Å². The number of hydrogen-bond donors (Lipinski definition) is 4. The molecule has 0 unspecified atom stereocenters. The monoisotopic (exact) mass is 563 g/mol. The van der Waals surface area contributed by atoms with E-state index >= 15 is 0 Å². The summed E-state index contributed by atoms with van der Waals surface area (Å²) in [6, 6.07) is 17.9. The third-order valence-electron chi connectivity index (χ3n) is 5.54. The molecule has 0 radical (unpaired) electrons. The van der Waals surface area contributed by atoms with E-state index in [-0.39, 0.29) is 17.3 Å². The van der Waals surface area contributed by atoms with Gasteiger partial charge in [-0.25, -0.2) is 13.3 Å². The quantitative estimate of drug-likeness (QED) is 0.161. The number of rotatable bonds is 5. The lowest BCUT2D eigenvalue weighted by molar-refractivity contribution is 0.0706. The molecule has 0 aromatic heterocycles. The van der Waals surface area contributed by atoms with Gasteiger partial charge in [0.05, 0.1) is 11.4 Å². The maximum atomic E-state index is 12.9. The summed E-state index contributed by atoms with van der Waals surface area (Å²) in [7, 11) is 0. The van der Waals surface area contributed by atoms with Crippen LogP contribution in [0.2, 0.25) is 0 Å². The third-order valence-corrected chi connectivity index (χ3v) is 6.43. The lowest BCUT2D eigenvalue weighted by Gasteiger charge is -2.37. The first-order chi connectivity index (χ1) is 16.0. The fraction of sp³-hybridized carbons (Fsp3) is 0.182. The van der Waals surface area contributed by atoms with Gasteiger partial charge in [0, 0.05) is 37.1 Å². The average molecular weight is 563 g/mol. The standard InChI is InChI=1S/C22H22IN5O5/c29-21(25-32)16-8-9-19(20(14-16)28(33)23-31)26-10-12-27(13-11-26)22(30)24-18-7-3-5-15-4-1-2-6-17(15)18/h1-9,14,32-33H,10-13H2,(H,24,30)(H,25,29). The van der Waals surface area contributed by atoms with Crippen LogP contribution in [0.1, 0.15) is 10.4 Å². The van der Waals surface area contributed by atoms with Crippen LogP contribution in [0.3, 0.4) is 0 Å². The van der Waals surface area contributed by atoms with E-state index in [1.54, 1.807) is 16.4 Å². The van der Waals surface area contributed by atoms with Gasteiger partial charge < -0.3 is 15.1 Å². The number of benzene rings is 3. The largest absolute Gasteiger partial charge is 0.366 e. The Balaban J connectivity index is 1.47.